The van der Waals surface area contributed by atoms with E-state index >= 15 is 0 Å². The van der Waals surface area contributed by atoms with Gasteiger partial charge in [0.1, 0.15) is 6.61 Å². The third-order valence-corrected chi connectivity index (χ3v) is 1.23. The largest absolute Gasteiger partial charge is 0.366 e. The summed E-state index contributed by atoms with van der Waals surface area (Å²) in [4.78, 5) is 0. The molecule has 0 aromatic rings. The first-order chi connectivity index (χ1) is 4.83. The summed E-state index contributed by atoms with van der Waals surface area (Å²) in [5, 5.41) is 16.9. The van der Waals surface area contributed by atoms with Gasteiger partial charge < -0.3 is 14.6 Å². The molecule has 4 nitrogen and oxygen atoms in total. The average Bonchev–Trinajstić information content (AvgIpc) is 2.31. The van der Waals surface area contributed by atoms with Gasteiger partial charge in [0.15, 0.2) is 12.6 Å². The van der Waals surface area contributed by atoms with Crippen LogP contribution in [0.2, 0.25) is 0 Å². The number of hydrogen-bond acceptors (Lipinski definition) is 4. The van der Waals surface area contributed by atoms with Crippen molar-refractivity contribution >= 4 is 0 Å². The highest BCUT2D eigenvalue weighted by atomic mass is 16.8. The van der Waals surface area contributed by atoms with E-state index in [1.54, 1.807) is 0 Å². The Balaban J connectivity index is 2.14. The van der Waals surface area contributed by atoms with Crippen molar-refractivity contribution in [2.75, 3.05) is 6.61 Å². The number of hydrogen-bond donors (Lipinski definition) is 1. The Morgan fingerprint density at radius 2 is 2.50 bits per heavy atom. The van der Waals surface area contributed by atoms with Crippen molar-refractivity contribution in [3.05, 3.63) is 0 Å². The van der Waals surface area contributed by atoms with Crippen molar-refractivity contribution in [2.45, 2.75) is 25.4 Å². The molecule has 0 aliphatic carbocycles. The zero-order chi connectivity index (χ0) is 7.40. The van der Waals surface area contributed by atoms with Gasteiger partial charge in [-0.25, -0.2) is 0 Å². The van der Waals surface area contributed by atoms with Crippen molar-refractivity contribution in [1.29, 1.82) is 5.26 Å². The molecule has 0 aromatic carbocycles. The van der Waals surface area contributed by atoms with Crippen molar-refractivity contribution in [1.82, 2.24) is 0 Å². The quantitative estimate of drug-likeness (QED) is 0.590. The molecule has 0 amide bonds. The Kier molecular flexibility index (Phi) is 2.63. The van der Waals surface area contributed by atoms with Gasteiger partial charge >= 0.3 is 0 Å². The molecule has 1 N–H and O–H groups in total. The normalized spacial score (nSPS) is 32.0. The fourth-order valence-corrected chi connectivity index (χ4v) is 0.777. The maximum absolute atomic E-state index is 8.77. The van der Waals surface area contributed by atoms with Gasteiger partial charge in [-0.3, -0.25) is 0 Å². The highest BCUT2D eigenvalue weighted by Crippen LogP contribution is 2.13. The standard InChI is InChI=1S/C6H9NO3/c7-3-1-2-6-9-4-5(8)10-6/h5-6,8H,1-2,4H2. The highest BCUT2D eigenvalue weighted by Gasteiger charge is 2.22. The van der Waals surface area contributed by atoms with Crippen LogP contribution in [0.3, 0.4) is 0 Å². The molecule has 10 heavy (non-hydrogen) atoms. The molecule has 1 saturated heterocycles. The van der Waals surface area contributed by atoms with Crippen LogP contribution >= 0.6 is 0 Å². The zero-order valence-electron chi connectivity index (χ0n) is 5.49. The van der Waals surface area contributed by atoms with Gasteiger partial charge in [-0.05, 0) is 0 Å². The van der Waals surface area contributed by atoms with Crippen molar-refractivity contribution in [3.63, 3.8) is 0 Å². The predicted octanol–water partition coefficient (Wildman–Crippen LogP) is -0.0185. The SMILES string of the molecule is N#CCCC1OCC(O)O1. The van der Waals surface area contributed by atoms with Crippen LogP contribution in [0.5, 0.6) is 0 Å². The fraction of sp³-hybridized carbons (Fsp3) is 0.833. The summed E-state index contributed by atoms with van der Waals surface area (Å²) in [6, 6.07) is 1.97. The Labute approximate surface area is 59.0 Å². The lowest BCUT2D eigenvalue weighted by Crippen LogP contribution is -2.10. The van der Waals surface area contributed by atoms with Gasteiger partial charge in [-0.1, -0.05) is 0 Å². The monoisotopic (exact) mass is 143 g/mol. The van der Waals surface area contributed by atoms with Gasteiger partial charge in [0.05, 0.1) is 6.07 Å². The van der Waals surface area contributed by atoms with Crippen molar-refractivity contribution in [2.24, 2.45) is 0 Å². The maximum Gasteiger partial charge on any atom is 0.181 e. The summed E-state index contributed by atoms with van der Waals surface area (Å²) in [5.41, 5.74) is 0. The van der Waals surface area contributed by atoms with E-state index in [9.17, 15) is 0 Å². The minimum absolute atomic E-state index is 0.218. The van der Waals surface area contributed by atoms with Crippen molar-refractivity contribution in [3.8, 4) is 6.07 Å². The lowest BCUT2D eigenvalue weighted by atomic mass is 10.3. The van der Waals surface area contributed by atoms with Gasteiger partial charge in [0.25, 0.3) is 0 Å². The molecule has 4 heteroatoms. The highest BCUT2D eigenvalue weighted by molar-refractivity contribution is 4.70. The molecule has 0 spiro atoms. The average molecular weight is 143 g/mol. The van der Waals surface area contributed by atoms with E-state index in [1.165, 1.54) is 0 Å². The van der Waals surface area contributed by atoms with Crippen LogP contribution in [0, 0.1) is 11.3 Å². The van der Waals surface area contributed by atoms with E-state index in [0.717, 1.165) is 0 Å². The second kappa shape index (κ2) is 3.52. The van der Waals surface area contributed by atoms with Crippen LogP contribution in [0.1, 0.15) is 12.8 Å². The number of aliphatic hydroxyl groups is 1. The summed E-state index contributed by atoms with van der Waals surface area (Å²) in [7, 11) is 0. The van der Waals surface area contributed by atoms with Crippen LogP contribution in [0.15, 0.2) is 0 Å². The number of nitriles is 1. The summed E-state index contributed by atoms with van der Waals surface area (Å²) < 4.78 is 9.79. The molecule has 2 atom stereocenters. The first-order valence-corrected chi connectivity index (χ1v) is 3.15. The van der Waals surface area contributed by atoms with Crippen molar-refractivity contribution < 1.29 is 14.6 Å². The lowest BCUT2D eigenvalue weighted by Gasteiger charge is -2.04. The smallest absolute Gasteiger partial charge is 0.181 e. The zero-order valence-corrected chi connectivity index (χ0v) is 5.49. The van der Waals surface area contributed by atoms with Gasteiger partial charge in [0.2, 0.25) is 0 Å². The molecule has 1 fully saturated rings. The van der Waals surface area contributed by atoms with Gasteiger partial charge in [0, 0.05) is 12.8 Å². The Hall–Kier alpha value is -0.630. The van der Waals surface area contributed by atoms with Crippen LogP contribution in [0.25, 0.3) is 0 Å². The minimum atomic E-state index is -0.802. The third-order valence-electron chi connectivity index (χ3n) is 1.23. The summed E-state index contributed by atoms with van der Waals surface area (Å²) in [6.07, 6.45) is -0.247. The number of nitrogens with zero attached hydrogens (tertiary/aromatic N) is 1. The molecular weight excluding hydrogens is 134 g/mol. The second-order valence-corrected chi connectivity index (χ2v) is 2.05. The fourth-order valence-electron chi connectivity index (χ4n) is 0.777. The van der Waals surface area contributed by atoms with E-state index < -0.39 is 6.29 Å². The Morgan fingerprint density at radius 1 is 1.70 bits per heavy atom. The molecule has 0 saturated carbocycles. The molecule has 1 rings (SSSR count). The summed E-state index contributed by atoms with van der Waals surface area (Å²) in [5.74, 6) is 0. The third kappa shape index (κ3) is 1.95. The van der Waals surface area contributed by atoms with Gasteiger partial charge in [-0.2, -0.15) is 5.26 Å². The molecule has 1 aliphatic heterocycles. The van der Waals surface area contributed by atoms with Crippen LogP contribution in [-0.2, 0) is 9.47 Å². The van der Waals surface area contributed by atoms with Crippen LogP contribution in [-0.4, -0.2) is 24.3 Å². The molecule has 0 aromatic heterocycles. The first-order valence-electron chi connectivity index (χ1n) is 3.15. The van der Waals surface area contributed by atoms with E-state index in [-0.39, 0.29) is 12.9 Å². The van der Waals surface area contributed by atoms with Crippen LogP contribution < -0.4 is 0 Å². The Morgan fingerprint density at radius 3 is 3.00 bits per heavy atom. The molecular formula is C6H9NO3. The molecule has 0 radical (unpaired) electrons. The van der Waals surface area contributed by atoms with Crippen LogP contribution in [0.4, 0.5) is 0 Å². The Bertz CT molecular complexity index is 142. The van der Waals surface area contributed by atoms with Gasteiger partial charge in [-0.15, -0.1) is 0 Å². The predicted molar refractivity (Wildman–Crippen MR) is 31.7 cm³/mol. The minimum Gasteiger partial charge on any atom is -0.366 e. The first kappa shape index (κ1) is 7.48. The second-order valence-electron chi connectivity index (χ2n) is 2.05. The maximum atomic E-state index is 8.77. The number of ether oxygens (including phenoxy) is 2. The summed E-state index contributed by atoms with van der Waals surface area (Å²) in [6.45, 7) is 0.218. The van der Waals surface area contributed by atoms with E-state index in [0.29, 0.717) is 12.8 Å². The van der Waals surface area contributed by atoms with E-state index in [2.05, 4.69) is 0 Å². The van der Waals surface area contributed by atoms with E-state index in [1.807, 2.05) is 6.07 Å². The number of rotatable bonds is 2. The molecule has 1 heterocycles. The topological polar surface area (TPSA) is 62.5 Å². The molecule has 2 unspecified atom stereocenters. The lowest BCUT2D eigenvalue weighted by molar-refractivity contribution is -0.116. The molecule has 56 valence electrons. The van der Waals surface area contributed by atoms with E-state index in [4.69, 9.17) is 19.8 Å². The summed E-state index contributed by atoms with van der Waals surface area (Å²) >= 11 is 0. The molecule has 1 aliphatic rings. The number of aliphatic hydroxyl groups excluding tert-OH is 1. The molecule has 0 bridgehead atoms.